The molecule has 2 aromatic heterocycles. The largest absolute Gasteiger partial charge is 0.408 e. The van der Waals surface area contributed by atoms with Gasteiger partial charge in [0.15, 0.2) is 11.3 Å². The minimum Gasteiger partial charge on any atom is -0.408 e. The van der Waals surface area contributed by atoms with Crippen LogP contribution in [0.1, 0.15) is 6.42 Å². The molecule has 0 aliphatic carbocycles. The van der Waals surface area contributed by atoms with Crippen molar-refractivity contribution in [2.45, 2.75) is 12.5 Å². The average Bonchev–Trinajstić information content (AvgIpc) is 2.78. The Morgan fingerprint density at radius 1 is 1.40 bits per heavy atom. The highest BCUT2D eigenvalue weighted by atomic mass is 31.2. The molecule has 2 rings (SSSR count). The van der Waals surface area contributed by atoms with Gasteiger partial charge in [-0.2, -0.15) is 4.73 Å². The topological polar surface area (TPSA) is 157 Å². The smallest absolute Gasteiger partial charge is 0.325 e. The van der Waals surface area contributed by atoms with Gasteiger partial charge in [-0.3, -0.25) is 4.57 Å². The number of imidazole rings is 1. The first-order chi connectivity index (χ1) is 9.37. The number of hydrogen-bond donors (Lipinski definition) is 4. The van der Waals surface area contributed by atoms with Gasteiger partial charge in [0.25, 0.3) is 0 Å². The Morgan fingerprint density at radius 2 is 2.15 bits per heavy atom. The van der Waals surface area contributed by atoms with E-state index in [0.717, 1.165) is 0 Å². The van der Waals surface area contributed by atoms with E-state index in [1.807, 2.05) is 0 Å². The van der Waals surface area contributed by atoms with E-state index >= 15 is 0 Å². The van der Waals surface area contributed by atoms with Crippen molar-refractivity contribution in [1.29, 1.82) is 0 Å². The Kier molecular flexibility index (Phi) is 4.19. The van der Waals surface area contributed by atoms with Crippen LogP contribution < -0.4 is 10.6 Å². The monoisotopic (exact) mass is 303 g/mol. The van der Waals surface area contributed by atoms with E-state index in [9.17, 15) is 9.67 Å². The molecule has 10 nitrogen and oxygen atoms in total. The van der Waals surface area contributed by atoms with Gasteiger partial charge in [-0.1, -0.05) is 0 Å². The summed E-state index contributed by atoms with van der Waals surface area (Å²) in [6, 6.07) is 0. The third kappa shape index (κ3) is 3.64. The number of fused-ring (bicyclic) bond motifs is 1. The fourth-order valence-corrected chi connectivity index (χ4v) is 2.13. The number of hydrogen-bond acceptors (Lipinski definition) is 7. The summed E-state index contributed by atoms with van der Waals surface area (Å²) >= 11 is 0. The lowest BCUT2D eigenvalue weighted by molar-refractivity contribution is 0.0288. The number of aliphatic hydroxyl groups excluding tert-OH is 1. The summed E-state index contributed by atoms with van der Waals surface area (Å²) in [5.74, 6) is 0.208. The van der Waals surface area contributed by atoms with Crippen LogP contribution in [0.25, 0.3) is 11.2 Å². The second kappa shape index (κ2) is 5.71. The first kappa shape index (κ1) is 14.7. The van der Waals surface area contributed by atoms with Crippen molar-refractivity contribution in [3.63, 3.8) is 0 Å². The molecule has 2 heterocycles. The highest BCUT2D eigenvalue weighted by molar-refractivity contribution is 7.51. The van der Waals surface area contributed by atoms with Crippen molar-refractivity contribution in [3.8, 4) is 0 Å². The van der Waals surface area contributed by atoms with Crippen LogP contribution in [0.4, 0.5) is 5.82 Å². The maximum atomic E-state index is 10.7. The normalized spacial score (nSPS) is 13.6. The Morgan fingerprint density at radius 3 is 2.85 bits per heavy atom. The van der Waals surface area contributed by atoms with Crippen LogP contribution >= 0.6 is 7.60 Å². The molecule has 0 bridgehead atoms. The summed E-state index contributed by atoms with van der Waals surface area (Å²) < 4.78 is 11.9. The van der Waals surface area contributed by atoms with Crippen molar-refractivity contribution in [3.05, 3.63) is 12.7 Å². The zero-order valence-electron chi connectivity index (χ0n) is 10.3. The van der Waals surface area contributed by atoms with Crippen LogP contribution in [0.3, 0.4) is 0 Å². The van der Waals surface area contributed by atoms with Gasteiger partial charge in [0.1, 0.15) is 19.3 Å². The average molecular weight is 303 g/mol. The van der Waals surface area contributed by atoms with Crippen LogP contribution in [0, 0.1) is 0 Å². The number of nitrogens with zero attached hydrogens (tertiary/aromatic N) is 4. The third-order valence-electron chi connectivity index (χ3n) is 2.49. The van der Waals surface area contributed by atoms with E-state index in [2.05, 4.69) is 15.0 Å². The Bertz CT molecular complexity index is 641. The van der Waals surface area contributed by atoms with Crippen LogP contribution in [-0.2, 0) is 4.57 Å². The van der Waals surface area contributed by atoms with Crippen molar-refractivity contribution in [2.24, 2.45) is 0 Å². The molecule has 20 heavy (non-hydrogen) atoms. The molecule has 110 valence electrons. The standard InChI is InChI=1S/C9H14N5O5P/c10-8-7-9(12-4-11-8)14(5-13-7)19-3-6(15)1-2-20(16,17)18/h4-6,15H,1-3H2,(H2,10,11,12)(H2,16,17,18). The van der Waals surface area contributed by atoms with E-state index in [1.54, 1.807) is 0 Å². The number of aromatic nitrogens is 4. The molecule has 5 N–H and O–H groups in total. The van der Waals surface area contributed by atoms with Gasteiger partial charge in [0, 0.05) is 0 Å². The molecular weight excluding hydrogens is 289 g/mol. The van der Waals surface area contributed by atoms with Crippen molar-refractivity contribution in [1.82, 2.24) is 19.7 Å². The fourth-order valence-electron chi connectivity index (χ4n) is 1.49. The number of nitrogens with two attached hydrogens (primary N) is 1. The number of rotatable bonds is 6. The van der Waals surface area contributed by atoms with Crippen LogP contribution in [0.5, 0.6) is 0 Å². The van der Waals surface area contributed by atoms with E-state index in [0.29, 0.717) is 11.2 Å². The molecule has 2 aromatic rings. The molecule has 0 spiro atoms. The summed E-state index contributed by atoms with van der Waals surface area (Å²) in [5, 5.41) is 9.58. The summed E-state index contributed by atoms with van der Waals surface area (Å²) in [6.45, 7) is -0.157. The van der Waals surface area contributed by atoms with Gasteiger partial charge < -0.3 is 25.5 Å². The lowest BCUT2D eigenvalue weighted by atomic mass is 10.3. The summed E-state index contributed by atoms with van der Waals surface area (Å²) in [5.41, 5.74) is 6.32. The Hall–Kier alpha value is -1.74. The van der Waals surface area contributed by atoms with Gasteiger partial charge in [-0.05, 0) is 6.42 Å². The summed E-state index contributed by atoms with van der Waals surface area (Å²) in [4.78, 5) is 34.3. The van der Waals surface area contributed by atoms with Gasteiger partial charge >= 0.3 is 7.60 Å². The minimum absolute atomic E-state index is 0.0754. The van der Waals surface area contributed by atoms with Crippen molar-refractivity contribution >= 4 is 24.6 Å². The van der Waals surface area contributed by atoms with E-state index in [4.69, 9.17) is 20.4 Å². The lowest BCUT2D eigenvalue weighted by Gasteiger charge is -2.12. The molecule has 0 fully saturated rings. The number of aliphatic hydroxyl groups is 1. The molecule has 0 saturated heterocycles. The number of anilines is 1. The van der Waals surface area contributed by atoms with Crippen LogP contribution in [0.15, 0.2) is 12.7 Å². The molecule has 0 aliphatic rings. The van der Waals surface area contributed by atoms with Gasteiger partial charge in [-0.25, -0.2) is 15.0 Å². The summed E-state index contributed by atoms with van der Waals surface area (Å²) in [7, 11) is -4.12. The predicted molar refractivity (Wildman–Crippen MR) is 68.7 cm³/mol. The van der Waals surface area contributed by atoms with Gasteiger partial charge in [0.05, 0.1) is 12.3 Å². The first-order valence-electron chi connectivity index (χ1n) is 5.66. The summed E-state index contributed by atoms with van der Waals surface area (Å²) in [6.07, 6.45) is 1.08. The molecule has 0 aromatic carbocycles. The minimum atomic E-state index is -4.12. The zero-order chi connectivity index (χ0) is 14.8. The first-order valence-corrected chi connectivity index (χ1v) is 7.46. The maximum absolute atomic E-state index is 10.7. The van der Waals surface area contributed by atoms with E-state index in [-0.39, 0.29) is 18.8 Å². The van der Waals surface area contributed by atoms with Gasteiger partial charge in [-0.15, -0.1) is 0 Å². The third-order valence-corrected chi connectivity index (χ3v) is 3.33. The van der Waals surface area contributed by atoms with Gasteiger partial charge in [0.2, 0.25) is 5.65 Å². The van der Waals surface area contributed by atoms with Crippen molar-refractivity contribution < 1.29 is 24.3 Å². The Balaban J connectivity index is 1.96. The lowest BCUT2D eigenvalue weighted by Crippen LogP contribution is -2.24. The second-order valence-corrected chi connectivity index (χ2v) is 5.90. The highest BCUT2D eigenvalue weighted by Crippen LogP contribution is 2.35. The van der Waals surface area contributed by atoms with Crippen LogP contribution in [-0.4, -0.2) is 53.4 Å². The molecule has 0 radical (unpaired) electrons. The predicted octanol–water partition coefficient (Wildman–Crippen LogP) is -1.23. The maximum Gasteiger partial charge on any atom is 0.325 e. The Labute approximate surface area is 113 Å². The zero-order valence-corrected chi connectivity index (χ0v) is 11.2. The molecule has 1 unspecified atom stereocenters. The second-order valence-electron chi connectivity index (χ2n) is 4.13. The van der Waals surface area contributed by atoms with E-state index < -0.39 is 19.9 Å². The SMILES string of the molecule is Nc1ncnc2c1ncn2OCC(O)CCP(=O)(O)O. The number of nitrogen functional groups attached to an aromatic ring is 1. The molecule has 0 saturated carbocycles. The molecule has 0 amide bonds. The molecule has 1 atom stereocenters. The fraction of sp³-hybridized carbons (Fsp3) is 0.444. The van der Waals surface area contributed by atoms with Crippen LogP contribution in [0.2, 0.25) is 0 Å². The molecule has 11 heteroatoms. The van der Waals surface area contributed by atoms with E-state index in [1.165, 1.54) is 17.4 Å². The molecular formula is C9H14N5O5P. The molecule has 0 aliphatic heterocycles. The van der Waals surface area contributed by atoms with Crippen molar-refractivity contribution in [2.75, 3.05) is 18.5 Å². The highest BCUT2D eigenvalue weighted by Gasteiger charge is 2.17. The quantitative estimate of drug-likeness (QED) is 0.479.